The molecular weight excluding hydrogens is 412 g/mol. The number of nitrogens with zero attached hydrogens (tertiary/aromatic N) is 2. The van der Waals surface area contributed by atoms with Gasteiger partial charge in [-0.25, -0.2) is 0 Å². The molecule has 176 valence electrons. The fourth-order valence-corrected chi connectivity index (χ4v) is 5.52. The van der Waals surface area contributed by atoms with Crippen molar-refractivity contribution >= 4 is 17.8 Å². The van der Waals surface area contributed by atoms with Gasteiger partial charge in [-0.2, -0.15) is 0 Å². The van der Waals surface area contributed by atoms with E-state index in [1.54, 1.807) is 9.80 Å². The van der Waals surface area contributed by atoms with Crippen LogP contribution in [0.5, 0.6) is 0 Å². The molecule has 4 aliphatic heterocycles. The maximum Gasteiger partial charge on any atom is 0.312 e. The zero-order chi connectivity index (χ0) is 23.1. The number of ether oxygens (including phenoxy) is 2. The zero-order valence-electron chi connectivity index (χ0n) is 19.2. The second-order valence-corrected chi connectivity index (χ2v) is 10.1. The van der Waals surface area contributed by atoms with Gasteiger partial charge < -0.3 is 24.4 Å². The number of hydrogen-bond acceptors (Lipinski definition) is 6. The average Bonchev–Trinajstić information content (AvgIpc) is 3.08. The second-order valence-electron chi connectivity index (χ2n) is 10.1. The third-order valence-electron chi connectivity index (χ3n) is 6.99. The van der Waals surface area contributed by atoms with Crippen LogP contribution in [0.1, 0.15) is 46.5 Å². The highest BCUT2D eigenvalue weighted by molar-refractivity contribution is 5.99. The summed E-state index contributed by atoms with van der Waals surface area (Å²) in [5.74, 6) is -2.40. The van der Waals surface area contributed by atoms with E-state index in [0.29, 0.717) is 32.4 Å². The van der Waals surface area contributed by atoms with Gasteiger partial charge in [-0.1, -0.05) is 24.3 Å². The molecule has 0 radical (unpaired) electrons. The summed E-state index contributed by atoms with van der Waals surface area (Å²) in [5, 5.41) is 9.11. The molecule has 0 aromatic carbocycles. The van der Waals surface area contributed by atoms with Crippen molar-refractivity contribution in [3.8, 4) is 0 Å². The van der Waals surface area contributed by atoms with Gasteiger partial charge in [0.15, 0.2) is 0 Å². The number of aliphatic hydroxyl groups excluding tert-OH is 1. The Hall–Kier alpha value is -2.19. The van der Waals surface area contributed by atoms with Gasteiger partial charge in [0.2, 0.25) is 11.8 Å². The normalized spacial score (nSPS) is 34.6. The summed E-state index contributed by atoms with van der Waals surface area (Å²) in [5.41, 5.74) is -1.63. The standard InChI is InChI=1S/C24H34N2O6/c1-23(2,3)26-13-9-11-24-18(17-16(32-24)10-5-8-15-31-22(17)30)20(28)25(19(24)21(26)29)12-6-4-7-14-27/h5,9-11,16-19,27H,4,6-8,12-15H2,1-3H3/t16-,17?,18+,19-,24?/m1/s1. The predicted octanol–water partition coefficient (Wildman–Crippen LogP) is 1.43. The first-order valence-electron chi connectivity index (χ1n) is 11.6. The van der Waals surface area contributed by atoms with Crippen LogP contribution in [0.4, 0.5) is 0 Å². The average molecular weight is 447 g/mol. The van der Waals surface area contributed by atoms with Crippen LogP contribution in [0, 0.1) is 11.8 Å². The number of carbonyl (C=O) groups is 3. The molecule has 1 spiro atoms. The van der Waals surface area contributed by atoms with Crippen molar-refractivity contribution in [2.75, 3.05) is 26.3 Å². The van der Waals surface area contributed by atoms with Gasteiger partial charge in [0, 0.05) is 25.2 Å². The lowest BCUT2D eigenvalue weighted by Gasteiger charge is -2.40. The quantitative estimate of drug-likeness (QED) is 0.390. The fourth-order valence-electron chi connectivity index (χ4n) is 5.52. The van der Waals surface area contributed by atoms with Gasteiger partial charge >= 0.3 is 5.97 Å². The summed E-state index contributed by atoms with van der Waals surface area (Å²) in [6, 6.07) is -0.832. The highest BCUT2D eigenvalue weighted by atomic mass is 16.6. The second kappa shape index (κ2) is 8.63. The maximum absolute atomic E-state index is 13.9. The molecule has 8 heteroatoms. The third kappa shape index (κ3) is 3.67. The molecule has 0 aromatic heterocycles. The van der Waals surface area contributed by atoms with E-state index < -0.39 is 41.1 Å². The number of esters is 1. The van der Waals surface area contributed by atoms with Crippen molar-refractivity contribution in [2.45, 2.75) is 69.7 Å². The monoisotopic (exact) mass is 446 g/mol. The Balaban J connectivity index is 1.77. The highest BCUT2D eigenvalue weighted by Gasteiger charge is 2.71. The third-order valence-corrected chi connectivity index (χ3v) is 6.99. The number of unbranched alkanes of at least 4 members (excludes halogenated alkanes) is 2. The van der Waals surface area contributed by atoms with Gasteiger partial charge in [0.05, 0.1) is 18.6 Å². The van der Waals surface area contributed by atoms with Crippen molar-refractivity contribution in [3.63, 3.8) is 0 Å². The molecule has 2 unspecified atom stereocenters. The van der Waals surface area contributed by atoms with E-state index in [1.807, 2.05) is 45.1 Å². The van der Waals surface area contributed by atoms with E-state index in [2.05, 4.69) is 0 Å². The molecule has 0 aliphatic carbocycles. The number of hydrogen-bond donors (Lipinski definition) is 1. The van der Waals surface area contributed by atoms with E-state index in [1.165, 1.54) is 0 Å². The van der Waals surface area contributed by atoms with Crippen LogP contribution in [0.2, 0.25) is 0 Å². The number of carbonyl (C=O) groups excluding carboxylic acids is 3. The van der Waals surface area contributed by atoms with Gasteiger partial charge in [-0.05, 0) is 46.5 Å². The molecule has 32 heavy (non-hydrogen) atoms. The summed E-state index contributed by atoms with van der Waals surface area (Å²) in [7, 11) is 0. The van der Waals surface area contributed by atoms with Crippen molar-refractivity contribution in [3.05, 3.63) is 24.3 Å². The number of fused-ring (bicyclic) bond motifs is 2. The molecule has 8 nitrogen and oxygen atoms in total. The number of rotatable bonds is 5. The zero-order valence-corrected chi connectivity index (χ0v) is 19.2. The van der Waals surface area contributed by atoms with Gasteiger partial charge in [-0.3, -0.25) is 14.4 Å². The van der Waals surface area contributed by atoms with Crippen LogP contribution in [0.25, 0.3) is 0 Å². The largest absolute Gasteiger partial charge is 0.465 e. The maximum atomic E-state index is 13.9. The molecule has 4 heterocycles. The summed E-state index contributed by atoms with van der Waals surface area (Å²) in [6.45, 7) is 7.08. The van der Waals surface area contributed by atoms with Gasteiger partial charge in [-0.15, -0.1) is 0 Å². The lowest BCUT2D eigenvalue weighted by atomic mass is 9.77. The summed E-state index contributed by atoms with van der Waals surface area (Å²) < 4.78 is 11.9. The SMILES string of the molecule is CC(C)(C)N1CC=CC23O[C@@H]4C=CCCOC(=O)C4[C@H]2C(=O)N(CCCCCO)[C@@H]3C1=O. The van der Waals surface area contributed by atoms with Crippen LogP contribution < -0.4 is 0 Å². The van der Waals surface area contributed by atoms with Crippen LogP contribution in [-0.2, 0) is 23.9 Å². The van der Waals surface area contributed by atoms with E-state index in [4.69, 9.17) is 14.6 Å². The van der Waals surface area contributed by atoms with Crippen LogP contribution in [0.3, 0.4) is 0 Å². The molecule has 5 atom stereocenters. The Labute approximate surface area is 189 Å². The Morgan fingerprint density at radius 2 is 1.91 bits per heavy atom. The van der Waals surface area contributed by atoms with E-state index in [-0.39, 0.29) is 25.0 Å². The molecule has 4 aliphatic rings. The van der Waals surface area contributed by atoms with Crippen molar-refractivity contribution in [2.24, 2.45) is 11.8 Å². The van der Waals surface area contributed by atoms with E-state index in [0.717, 1.165) is 6.42 Å². The molecule has 1 N–H and O–H groups in total. The molecule has 0 aromatic rings. The lowest BCUT2D eigenvalue weighted by molar-refractivity contribution is -0.155. The lowest BCUT2D eigenvalue weighted by Crippen LogP contribution is -2.58. The molecular formula is C24H34N2O6. The predicted molar refractivity (Wildman–Crippen MR) is 116 cm³/mol. The molecule has 4 rings (SSSR count). The van der Waals surface area contributed by atoms with Gasteiger partial charge in [0.25, 0.3) is 0 Å². The minimum atomic E-state index is -1.20. The molecule has 2 fully saturated rings. The van der Waals surface area contributed by atoms with E-state index >= 15 is 0 Å². The first-order chi connectivity index (χ1) is 15.2. The van der Waals surface area contributed by atoms with E-state index in [9.17, 15) is 14.4 Å². The summed E-state index contributed by atoms with van der Waals surface area (Å²) >= 11 is 0. The van der Waals surface area contributed by atoms with Crippen molar-refractivity contribution < 1.29 is 29.0 Å². The number of cyclic esters (lactones) is 1. The van der Waals surface area contributed by atoms with Crippen LogP contribution in [-0.4, -0.2) is 82.3 Å². The fraction of sp³-hybridized carbons (Fsp3) is 0.708. The number of likely N-dealkylation sites (tertiary alicyclic amines) is 1. The van der Waals surface area contributed by atoms with Gasteiger partial charge in [0.1, 0.15) is 17.6 Å². The number of aliphatic hydroxyl groups is 1. The minimum Gasteiger partial charge on any atom is -0.465 e. The molecule has 2 amide bonds. The number of amides is 2. The first-order valence-corrected chi connectivity index (χ1v) is 11.6. The topological polar surface area (TPSA) is 96.4 Å². The smallest absolute Gasteiger partial charge is 0.312 e. The minimum absolute atomic E-state index is 0.0917. The highest BCUT2D eigenvalue weighted by Crippen LogP contribution is 2.53. The summed E-state index contributed by atoms with van der Waals surface area (Å²) in [4.78, 5) is 44.0. The molecule has 2 saturated heterocycles. The van der Waals surface area contributed by atoms with Crippen molar-refractivity contribution in [1.82, 2.24) is 9.80 Å². The molecule has 0 saturated carbocycles. The van der Waals surface area contributed by atoms with Crippen molar-refractivity contribution in [1.29, 1.82) is 0 Å². The summed E-state index contributed by atoms with van der Waals surface area (Å²) in [6.07, 6.45) is 9.55. The van der Waals surface area contributed by atoms with Crippen LogP contribution >= 0.6 is 0 Å². The van der Waals surface area contributed by atoms with Crippen LogP contribution in [0.15, 0.2) is 24.3 Å². The Morgan fingerprint density at radius 3 is 2.62 bits per heavy atom. The Kier molecular flexibility index (Phi) is 6.20. The molecule has 0 bridgehead atoms. The Morgan fingerprint density at radius 1 is 1.12 bits per heavy atom. The Bertz CT molecular complexity index is 831. The first kappa shape index (κ1) is 23.0.